The minimum atomic E-state index is 0.692. The second-order valence-electron chi connectivity index (χ2n) is 5.49. The molecule has 0 fully saturated rings. The van der Waals surface area contributed by atoms with Crippen LogP contribution in [0.2, 0.25) is 5.02 Å². The van der Waals surface area contributed by atoms with E-state index in [1.807, 2.05) is 77.5 Å². The van der Waals surface area contributed by atoms with Crippen LogP contribution in [0.3, 0.4) is 0 Å². The van der Waals surface area contributed by atoms with Gasteiger partial charge in [-0.2, -0.15) is 5.10 Å². The van der Waals surface area contributed by atoms with E-state index in [1.54, 1.807) is 7.11 Å². The number of fused-ring (bicyclic) bond motifs is 1. The molecule has 4 rings (SSSR count). The lowest BCUT2D eigenvalue weighted by atomic mass is 10.1. The maximum absolute atomic E-state index is 6.17. The summed E-state index contributed by atoms with van der Waals surface area (Å²) in [6.45, 7) is 0. The second kappa shape index (κ2) is 6.02. The lowest BCUT2D eigenvalue weighted by Gasteiger charge is -2.03. The Kier molecular flexibility index (Phi) is 3.71. The Bertz CT molecular complexity index is 1010. The Hall–Kier alpha value is -2.78. The zero-order valence-electron chi connectivity index (χ0n) is 13.1. The normalized spacial score (nSPS) is 10.9. The van der Waals surface area contributed by atoms with Crippen molar-refractivity contribution in [1.82, 2.24) is 9.78 Å². The molecule has 0 radical (unpaired) electrons. The smallest absolute Gasteiger partial charge is 0.119 e. The summed E-state index contributed by atoms with van der Waals surface area (Å²) in [6, 6.07) is 23.8. The van der Waals surface area contributed by atoms with Gasteiger partial charge >= 0.3 is 0 Å². The van der Waals surface area contributed by atoms with Crippen molar-refractivity contribution in [3.8, 4) is 22.7 Å². The highest BCUT2D eigenvalue weighted by Gasteiger charge is 2.14. The molecule has 0 atom stereocenters. The Labute approximate surface area is 145 Å². The number of aromatic nitrogens is 2. The number of ether oxygens (including phenoxy) is 1. The molecule has 3 nitrogen and oxygen atoms in total. The number of nitrogens with zero attached hydrogens (tertiary/aromatic N) is 2. The number of rotatable bonds is 3. The van der Waals surface area contributed by atoms with Gasteiger partial charge < -0.3 is 4.74 Å². The van der Waals surface area contributed by atoms with Gasteiger partial charge in [-0.25, -0.2) is 4.68 Å². The summed E-state index contributed by atoms with van der Waals surface area (Å²) >= 11 is 6.17. The van der Waals surface area contributed by atoms with Crippen molar-refractivity contribution >= 4 is 22.5 Å². The minimum Gasteiger partial charge on any atom is -0.497 e. The van der Waals surface area contributed by atoms with Crippen molar-refractivity contribution < 1.29 is 4.74 Å². The average molecular weight is 335 g/mol. The minimum absolute atomic E-state index is 0.692. The van der Waals surface area contributed by atoms with Crippen molar-refractivity contribution in [3.05, 3.63) is 77.8 Å². The zero-order chi connectivity index (χ0) is 16.5. The van der Waals surface area contributed by atoms with Crippen molar-refractivity contribution in [2.45, 2.75) is 0 Å². The molecule has 1 heterocycles. The summed E-state index contributed by atoms with van der Waals surface area (Å²) in [6.07, 6.45) is 0. The Morgan fingerprint density at radius 1 is 0.917 bits per heavy atom. The van der Waals surface area contributed by atoms with Crippen LogP contribution in [0.25, 0.3) is 27.8 Å². The predicted molar refractivity (Wildman–Crippen MR) is 98.1 cm³/mol. The molecule has 0 unspecified atom stereocenters. The SMILES string of the molecule is COc1ccc2c(c1)c(-c1cccc(Cl)c1)nn2-c1ccccc1. The maximum Gasteiger partial charge on any atom is 0.119 e. The van der Waals surface area contributed by atoms with Crippen LogP contribution in [0.4, 0.5) is 0 Å². The van der Waals surface area contributed by atoms with Gasteiger partial charge in [0.1, 0.15) is 11.4 Å². The van der Waals surface area contributed by atoms with Crippen LogP contribution in [-0.4, -0.2) is 16.9 Å². The summed E-state index contributed by atoms with van der Waals surface area (Å²) in [5.74, 6) is 0.804. The standard InChI is InChI=1S/C20H15ClN2O/c1-24-17-10-11-19-18(13-17)20(14-6-5-7-15(21)12-14)22-23(19)16-8-3-2-4-9-16/h2-13H,1H3. The molecular formula is C20H15ClN2O. The summed E-state index contributed by atoms with van der Waals surface area (Å²) < 4.78 is 7.34. The number of hydrogen-bond donors (Lipinski definition) is 0. The molecule has 0 N–H and O–H groups in total. The van der Waals surface area contributed by atoms with Gasteiger partial charge in [0, 0.05) is 16.0 Å². The zero-order valence-corrected chi connectivity index (χ0v) is 13.9. The molecule has 0 saturated carbocycles. The molecule has 24 heavy (non-hydrogen) atoms. The van der Waals surface area contributed by atoms with Crippen LogP contribution in [0.1, 0.15) is 0 Å². The van der Waals surface area contributed by atoms with Gasteiger partial charge in [-0.05, 0) is 42.5 Å². The first-order valence-corrected chi connectivity index (χ1v) is 8.02. The fourth-order valence-corrected chi connectivity index (χ4v) is 3.03. The quantitative estimate of drug-likeness (QED) is 0.504. The molecule has 0 amide bonds. The van der Waals surface area contributed by atoms with Crippen LogP contribution in [0, 0.1) is 0 Å². The predicted octanol–water partition coefficient (Wildman–Crippen LogP) is 5.35. The van der Waals surface area contributed by atoms with Crippen LogP contribution in [0.5, 0.6) is 5.75 Å². The Morgan fingerprint density at radius 2 is 1.75 bits per heavy atom. The third kappa shape index (κ3) is 2.53. The lowest BCUT2D eigenvalue weighted by Crippen LogP contribution is -1.95. The summed E-state index contributed by atoms with van der Waals surface area (Å²) in [4.78, 5) is 0. The van der Waals surface area contributed by atoms with Gasteiger partial charge in [0.05, 0.1) is 18.3 Å². The van der Waals surface area contributed by atoms with Crippen molar-refractivity contribution in [3.63, 3.8) is 0 Å². The highest BCUT2D eigenvalue weighted by atomic mass is 35.5. The van der Waals surface area contributed by atoms with Crippen LogP contribution >= 0.6 is 11.6 Å². The highest BCUT2D eigenvalue weighted by Crippen LogP contribution is 2.33. The molecule has 118 valence electrons. The monoisotopic (exact) mass is 334 g/mol. The highest BCUT2D eigenvalue weighted by molar-refractivity contribution is 6.30. The number of hydrogen-bond acceptors (Lipinski definition) is 2. The molecule has 0 saturated heterocycles. The van der Waals surface area contributed by atoms with Crippen molar-refractivity contribution in [1.29, 1.82) is 0 Å². The first-order valence-electron chi connectivity index (χ1n) is 7.64. The maximum atomic E-state index is 6.17. The van der Waals surface area contributed by atoms with Gasteiger partial charge in [-0.3, -0.25) is 0 Å². The number of benzene rings is 3. The fourth-order valence-electron chi connectivity index (χ4n) is 2.84. The number of methoxy groups -OCH3 is 1. The van der Waals surface area contributed by atoms with Gasteiger partial charge in [-0.1, -0.05) is 41.9 Å². The molecular weight excluding hydrogens is 320 g/mol. The molecule has 4 heteroatoms. The van der Waals surface area contributed by atoms with Gasteiger partial charge in [0.15, 0.2) is 0 Å². The average Bonchev–Trinajstić information content (AvgIpc) is 3.01. The Balaban J connectivity index is 2.02. The summed E-state index contributed by atoms with van der Waals surface area (Å²) in [7, 11) is 1.67. The second-order valence-corrected chi connectivity index (χ2v) is 5.93. The third-order valence-corrected chi connectivity index (χ3v) is 4.22. The third-order valence-electron chi connectivity index (χ3n) is 3.99. The van der Waals surface area contributed by atoms with E-state index in [1.165, 1.54) is 0 Å². The number of halogens is 1. The first kappa shape index (κ1) is 14.8. The molecule has 4 aromatic rings. The van der Waals surface area contributed by atoms with Gasteiger partial charge in [0.2, 0.25) is 0 Å². The lowest BCUT2D eigenvalue weighted by molar-refractivity contribution is 0.415. The van der Waals surface area contributed by atoms with Crippen LogP contribution in [-0.2, 0) is 0 Å². The molecule has 0 spiro atoms. The summed E-state index contributed by atoms with van der Waals surface area (Å²) in [5.41, 5.74) is 3.91. The van der Waals surface area contributed by atoms with E-state index in [0.717, 1.165) is 33.6 Å². The van der Waals surface area contributed by atoms with E-state index in [-0.39, 0.29) is 0 Å². The molecule has 1 aromatic heterocycles. The van der Waals surface area contributed by atoms with E-state index in [2.05, 4.69) is 0 Å². The molecule has 3 aromatic carbocycles. The number of para-hydroxylation sites is 1. The largest absolute Gasteiger partial charge is 0.497 e. The van der Waals surface area contributed by atoms with E-state index < -0.39 is 0 Å². The van der Waals surface area contributed by atoms with E-state index in [9.17, 15) is 0 Å². The van der Waals surface area contributed by atoms with Gasteiger partial charge in [0.25, 0.3) is 0 Å². The molecule has 0 bridgehead atoms. The van der Waals surface area contributed by atoms with Crippen LogP contribution in [0.15, 0.2) is 72.8 Å². The van der Waals surface area contributed by atoms with Crippen LogP contribution < -0.4 is 4.74 Å². The topological polar surface area (TPSA) is 27.1 Å². The van der Waals surface area contributed by atoms with E-state index in [4.69, 9.17) is 21.4 Å². The fraction of sp³-hybridized carbons (Fsp3) is 0.0500. The van der Waals surface area contributed by atoms with E-state index in [0.29, 0.717) is 5.02 Å². The first-order chi connectivity index (χ1) is 11.8. The van der Waals surface area contributed by atoms with E-state index >= 15 is 0 Å². The Morgan fingerprint density at radius 3 is 2.50 bits per heavy atom. The molecule has 0 aliphatic rings. The molecule has 0 aliphatic heterocycles. The van der Waals surface area contributed by atoms with Gasteiger partial charge in [-0.15, -0.1) is 0 Å². The van der Waals surface area contributed by atoms with Crippen molar-refractivity contribution in [2.75, 3.05) is 7.11 Å². The summed E-state index contributed by atoms with van der Waals surface area (Å²) in [5, 5.41) is 6.57. The van der Waals surface area contributed by atoms with Crippen molar-refractivity contribution in [2.24, 2.45) is 0 Å². The molecule has 0 aliphatic carbocycles.